The molecule has 0 heterocycles. The Kier molecular flexibility index (Phi) is 6.39. The first-order valence-electron chi connectivity index (χ1n) is 8.05. The number of hydrogen-bond donors (Lipinski definition) is 1. The van der Waals surface area contributed by atoms with Crippen molar-refractivity contribution in [3.63, 3.8) is 0 Å². The molecule has 0 aliphatic rings. The van der Waals surface area contributed by atoms with E-state index >= 15 is 0 Å². The Labute approximate surface area is 147 Å². The SMILES string of the molecule is CCCNS(=O)(=O)c1ccc(Oc2ccc(CC)cc2OC)c(F)c1. The average molecular weight is 367 g/mol. The third-order valence-electron chi connectivity index (χ3n) is 3.61. The minimum absolute atomic E-state index is 0.0722. The van der Waals surface area contributed by atoms with E-state index in [0.717, 1.165) is 18.1 Å². The molecule has 0 atom stereocenters. The summed E-state index contributed by atoms with van der Waals surface area (Å²) >= 11 is 0. The molecule has 0 radical (unpaired) electrons. The van der Waals surface area contributed by atoms with Gasteiger partial charge in [-0.25, -0.2) is 17.5 Å². The van der Waals surface area contributed by atoms with Crippen LogP contribution in [-0.2, 0) is 16.4 Å². The van der Waals surface area contributed by atoms with Crippen LogP contribution in [0.2, 0.25) is 0 Å². The molecular formula is C18H22FNO4S. The Morgan fingerprint density at radius 3 is 2.36 bits per heavy atom. The molecule has 0 saturated heterocycles. The van der Waals surface area contributed by atoms with E-state index in [1.54, 1.807) is 6.07 Å². The van der Waals surface area contributed by atoms with E-state index in [1.807, 2.05) is 26.0 Å². The number of nitrogens with one attached hydrogen (secondary N) is 1. The number of methoxy groups -OCH3 is 1. The zero-order valence-corrected chi connectivity index (χ0v) is 15.3. The molecule has 5 nitrogen and oxygen atoms in total. The highest BCUT2D eigenvalue weighted by Gasteiger charge is 2.17. The van der Waals surface area contributed by atoms with E-state index in [-0.39, 0.29) is 10.6 Å². The molecule has 0 unspecified atom stereocenters. The van der Waals surface area contributed by atoms with Gasteiger partial charge in [-0.1, -0.05) is 19.9 Å². The predicted octanol–water partition coefficient (Wildman–Crippen LogP) is 3.88. The van der Waals surface area contributed by atoms with Gasteiger partial charge in [0.1, 0.15) is 0 Å². The first-order chi connectivity index (χ1) is 11.9. The Morgan fingerprint density at radius 2 is 1.76 bits per heavy atom. The fourth-order valence-electron chi connectivity index (χ4n) is 2.19. The van der Waals surface area contributed by atoms with Gasteiger partial charge < -0.3 is 9.47 Å². The fourth-order valence-corrected chi connectivity index (χ4v) is 3.33. The number of halogens is 1. The third kappa shape index (κ3) is 4.70. The van der Waals surface area contributed by atoms with Gasteiger partial charge >= 0.3 is 0 Å². The number of benzene rings is 2. The largest absolute Gasteiger partial charge is 0.493 e. The molecular weight excluding hydrogens is 345 g/mol. The van der Waals surface area contributed by atoms with E-state index < -0.39 is 15.8 Å². The monoisotopic (exact) mass is 367 g/mol. The highest BCUT2D eigenvalue weighted by atomic mass is 32.2. The van der Waals surface area contributed by atoms with Crippen molar-refractivity contribution in [1.29, 1.82) is 0 Å². The van der Waals surface area contributed by atoms with Gasteiger partial charge in [0.2, 0.25) is 10.0 Å². The summed E-state index contributed by atoms with van der Waals surface area (Å²) in [6.07, 6.45) is 1.48. The molecule has 2 aromatic rings. The van der Waals surface area contributed by atoms with Crippen LogP contribution in [0.3, 0.4) is 0 Å². The highest BCUT2D eigenvalue weighted by molar-refractivity contribution is 7.89. The predicted molar refractivity (Wildman–Crippen MR) is 94.3 cm³/mol. The van der Waals surface area contributed by atoms with E-state index in [9.17, 15) is 12.8 Å². The van der Waals surface area contributed by atoms with E-state index in [0.29, 0.717) is 24.5 Å². The van der Waals surface area contributed by atoms with Crippen molar-refractivity contribution in [3.05, 3.63) is 47.8 Å². The molecule has 0 bridgehead atoms. The number of sulfonamides is 1. The summed E-state index contributed by atoms with van der Waals surface area (Å²) in [5.74, 6) is 0.0105. The zero-order valence-electron chi connectivity index (χ0n) is 14.5. The van der Waals surface area contributed by atoms with Gasteiger partial charge in [0.05, 0.1) is 12.0 Å². The molecule has 0 fully saturated rings. The molecule has 0 aliphatic carbocycles. The van der Waals surface area contributed by atoms with Crippen LogP contribution in [0.25, 0.3) is 0 Å². The molecule has 0 amide bonds. The number of ether oxygens (including phenoxy) is 2. The van der Waals surface area contributed by atoms with Crippen molar-refractivity contribution in [2.24, 2.45) is 0 Å². The summed E-state index contributed by atoms with van der Waals surface area (Å²) in [4.78, 5) is -0.140. The maximum absolute atomic E-state index is 14.3. The number of rotatable bonds is 8. The van der Waals surface area contributed by atoms with E-state index in [2.05, 4.69) is 4.72 Å². The molecule has 136 valence electrons. The Bertz CT molecular complexity index is 837. The average Bonchev–Trinajstić information content (AvgIpc) is 2.61. The quantitative estimate of drug-likeness (QED) is 0.769. The van der Waals surface area contributed by atoms with Crippen LogP contribution in [0, 0.1) is 5.82 Å². The van der Waals surface area contributed by atoms with Crippen molar-refractivity contribution in [2.75, 3.05) is 13.7 Å². The molecule has 2 rings (SSSR count). The van der Waals surface area contributed by atoms with Crippen LogP contribution in [0.15, 0.2) is 41.3 Å². The molecule has 0 saturated carbocycles. The third-order valence-corrected chi connectivity index (χ3v) is 5.07. The van der Waals surface area contributed by atoms with Crippen molar-refractivity contribution in [1.82, 2.24) is 4.72 Å². The van der Waals surface area contributed by atoms with Crippen molar-refractivity contribution >= 4 is 10.0 Å². The fraction of sp³-hybridized carbons (Fsp3) is 0.333. The highest BCUT2D eigenvalue weighted by Crippen LogP contribution is 2.34. The summed E-state index contributed by atoms with van der Waals surface area (Å²) in [6, 6.07) is 8.93. The van der Waals surface area contributed by atoms with E-state index in [4.69, 9.17) is 9.47 Å². The standard InChI is InChI=1S/C18H22FNO4S/c1-4-10-20-25(21,22)14-7-9-16(15(19)12-14)24-17-8-6-13(5-2)11-18(17)23-3/h6-9,11-12,20H,4-5,10H2,1-3H3. The smallest absolute Gasteiger partial charge is 0.240 e. The van der Waals surface area contributed by atoms with Crippen LogP contribution in [0.1, 0.15) is 25.8 Å². The summed E-state index contributed by atoms with van der Waals surface area (Å²) < 4.78 is 51.6. The molecule has 2 aromatic carbocycles. The van der Waals surface area contributed by atoms with Gasteiger partial charge in [-0.15, -0.1) is 0 Å². The van der Waals surface area contributed by atoms with Crippen LogP contribution in [0.5, 0.6) is 17.2 Å². The maximum Gasteiger partial charge on any atom is 0.240 e. The first-order valence-corrected chi connectivity index (χ1v) is 9.53. The summed E-state index contributed by atoms with van der Waals surface area (Å²) in [5.41, 5.74) is 1.06. The van der Waals surface area contributed by atoms with Gasteiger partial charge in [0.15, 0.2) is 23.1 Å². The molecule has 0 spiro atoms. The lowest BCUT2D eigenvalue weighted by Gasteiger charge is -2.13. The Hall–Kier alpha value is -2.12. The summed E-state index contributed by atoms with van der Waals surface area (Å²) in [5, 5.41) is 0. The van der Waals surface area contributed by atoms with Gasteiger partial charge in [-0.05, 0) is 48.7 Å². The van der Waals surface area contributed by atoms with Gasteiger partial charge in [-0.2, -0.15) is 0 Å². The molecule has 25 heavy (non-hydrogen) atoms. The zero-order chi connectivity index (χ0) is 18.4. The molecule has 0 aromatic heterocycles. The van der Waals surface area contributed by atoms with Crippen LogP contribution < -0.4 is 14.2 Å². The topological polar surface area (TPSA) is 64.6 Å². The van der Waals surface area contributed by atoms with Crippen molar-refractivity contribution in [3.8, 4) is 17.2 Å². The minimum atomic E-state index is -3.73. The summed E-state index contributed by atoms with van der Waals surface area (Å²) in [6.45, 7) is 4.15. The molecule has 1 N–H and O–H groups in total. The number of hydrogen-bond acceptors (Lipinski definition) is 4. The maximum atomic E-state index is 14.3. The van der Waals surface area contributed by atoms with Gasteiger partial charge in [0.25, 0.3) is 0 Å². The van der Waals surface area contributed by atoms with Gasteiger partial charge in [-0.3, -0.25) is 0 Å². The second-order valence-electron chi connectivity index (χ2n) is 5.43. The number of aryl methyl sites for hydroxylation is 1. The second kappa shape index (κ2) is 8.31. The lowest BCUT2D eigenvalue weighted by atomic mass is 10.1. The summed E-state index contributed by atoms with van der Waals surface area (Å²) in [7, 11) is -2.22. The normalized spacial score (nSPS) is 11.4. The Morgan fingerprint density at radius 1 is 1.04 bits per heavy atom. The van der Waals surface area contributed by atoms with Crippen LogP contribution >= 0.6 is 0 Å². The minimum Gasteiger partial charge on any atom is -0.493 e. The molecule has 7 heteroatoms. The second-order valence-corrected chi connectivity index (χ2v) is 7.20. The van der Waals surface area contributed by atoms with E-state index in [1.165, 1.54) is 19.2 Å². The lowest BCUT2D eigenvalue weighted by molar-refractivity contribution is 0.370. The van der Waals surface area contributed by atoms with Crippen LogP contribution in [0.4, 0.5) is 4.39 Å². The van der Waals surface area contributed by atoms with Gasteiger partial charge in [0, 0.05) is 6.54 Å². The van der Waals surface area contributed by atoms with Crippen LogP contribution in [-0.4, -0.2) is 22.1 Å². The Balaban J connectivity index is 2.28. The molecule has 0 aliphatic heterocycles. The van der Waals surface area contributed by atoms with Crippen molar-refractivity contribution < 1.29 is 22.3 Å². The first kappa shape index (κ1) is 19.2. The van der Waals surface area contributed by atoms with Crippen molar-refractivity contribution in [2.45, 2.75) is 31.6 Å². The lowest BCUT2D eigenvalue weighted by Crippen LogP contribution is -2.24.